The zero-order valence-electron chi connectivity index (χ0n) is 15.1. The molecule has 0 saturated carbocycles. The number of nitrogens with zero attached hydrogens (tertiary/aromatic N) is 2. The van der Waals surface area contributed by atoms with Crippen molar-refractivity contribution in [3.8, 4) is 0 Å². The van der Waals surface area contributed by atoms with Crippen LogP contribution in [0.15, 0.2) is 48.7 Å². The van der Waals surface area contributed by atoms with Gasteiger partial charge < -0.3 is 9.64 Å². The van der Waals surface area contributed by atoms with Crippen LogP contribution < -0.4 is 0 Å². The molecule has 0 spiro atoms. The molecule has 6 nitrogen and oxygen atoms in total. The van der Waals surface area contributed by atoms with Crippen LogP contribution in [0.5, 0.6) is 0 Å². The third-order valence-electron chi connectivity index (χ3n) is 5.34. The number of ether oxygens (including phenoxy) is 1. The van der Waals surface area contributed by atoms with E-state index in [-0.39, 0.29) is 11.7 Å². The topological polar surface area (TPSA) is 76.6 Å². The van der Waals surface area contributed by atoms with Crippen LogP contribution in [0.2, 0.25) is 5.02 Å². The highest BCUT2D eigenvalue weighted by atomic mass is 35.5. The number of carbonyl (C=O) groups excluding carboxylic acids is 3. The SMILES string of the molecule is O=C1C(=O)N(C2CCOCC2)C(c2ccc(Cl)cc2)C1C(=O)c1ccccn1. The lowest BCUT2D eigenvalue weighted by Gasteiger charge is -2.36. The smallest absolute Gasteiger partial charge is 0.291 e. The monoisotopic (exact) mass is 398 g/mol. The van der Waals surface area contributed by atoms with E-state index in [2.05, 4.69) is 4.98 Å². The molecule has 0 bridgehead atoms. The van der Waals surface area contributed by atoms with Gasteiger partial charge in [-0.05, 0) is 42.7 Å². The standard InChI is InChI=1S/C21H19ClN2O4/c22-14-6-4-13(5-7-14)18-17(19(25)16-3-1-2-10-23-16)20(26)21(27)24(18)15-8-11-28-12-9-15/h1-7,10,15,17-18H,8-9,11-12H2. The zero-order chi connectivity index (χ0) is 19.7. The van der Waals surface area contributed by atoms with Gasteiger partial charge >= 0.3 is 0 Å². The Morgan fingerprint density at radius 3 is 2.43 bits per heavy atom. The highest BCUT2D eigenvalue weighted by molar-refractivity contribution is 6.44. The van der Waals surface area contributed by atoms with Gasteiger partial charge in [0.1, 0.15) is 11.6 Å². The fourth-order valence-electron chi connectivity index (χ4n) is 3.99. The molecule has 0 aliphatic carbocycles. The van der Waals surface area contributed by atoms with Crippen molar-refractivity contribution in [2.24, 2.45) is 5.92 Å². The minimum absolute atomic E-state index is 0.146. The Kier molecular flexibility index (Phi) is 5.24. The lowest BCUT2D eigenvalue weighted by atomic mass is 9.87. The van der Waals surface area contributed by atoms with Gasteiger partial charge in [0.25, 0.3) is 5.91 Å². The first-order valence-electron chi connectivity index (χ1n) is 9.23. The van der Waals surface area contributed by atoms with Gasteiger partial charge in [-0.3, -0.25) is 19.4 Å². The fourth-order valence-corrected chi connectivity index (χ4v) is 4.12. The first-order valence-corrected chi connectivity index (χ1v) is 9.60. The van der Waals surface area contributed by atoms with E-state index in [1.807, 2.05) is 0 Å². The number of Topliss-reactive ketones (excluding diaryl/α,β-unsaturated/α-hetero) is 2. The molecule has 28 heavy (non-hydrogen) atoms. The molecule has 2 aliphatic heterocycles. The Hall–Kier alpha value is -2.57. The normalized spacial score (nSPS) is 23.2. The molecule has 1 aromatic carbocycles. The van der Waals surface area contributed by atoms with E-state index in [0.29, 0.717) is 36.6 Å². The highest BCUT2D eigenvalue weighted by Gasteiger charge is 2.53. The second-order valence-electron chi connectivity index (χ2n) is 6.97. The van der Waals surface area contributed by atoms with Gasteiger partial charge in [0.2, 0.25) is 5.78 Å². The number of amides is 1. The summed E-state index contributed by atoms with van der Waals surface area (Å²) in [6.07, 6.45) is 2.77. The molecule has 4 rings (SSSR count). The first-order chi connectivity index (χ1) is 13.6. The number of halogens is 1. The number of ketones is 2. The van der Waals surface area contributed by atoms with Crippen LogP contribution >= 0.6 is 11.6 Å². The number of hydrogen-bond acceptors (Lipinski definition) is 5. The molecule has 1 amide bonds. The number of hydrogen-bond donors (Lipinski definition) is 0. The Morgan fingerprint density at radius 1 is 1.07 bits per heavy atom. The van der Waals surface area contributed by atoms with E-state index < -0.39 is 29.4 Å². The first kappa shape index (κ1) is 18.8. The van der Waals surface area contributed by atoms with Crippen LogP contribution in [-0.2, 0) is 14.3 Å². The number of carbonyl (C=O) groups is 3. The van der Waals surface area contributed by atoms with Crippen LogP contribution in [0, 0.1) is 5.92 Å². The van der Waals surface area contributed by atoms with Crippen LogP contribution in [0.25, 0.3) is 0 Å². The minimum Gasteiger partial charge on any atom is -0.381 e. The van der Waals surface area contributed by atoms with Crippen molar-refractivity contribution in [2.45, 2.75) is 24.9 Å². The molecule has 3 heterocycles. The maximum absolute atomic E-state index is 13.2. The molecule has 0 radical (unpaired) electrons. The summed E-state index contributed by atoms with van der Waals surface area (Å²) in [5, 5.41) is 0.546. The Labute approximate surface area is 167 Å². The maximum atomic E-state index is 13.2. The van der Waals surface area contributed by atoms with Crippen molar-refractivity contribution in [1.29, 1.82) is 0 Å². The van der Waals surface area contributed by atoms with E-state index in [4.69, 9.17) is 16.3 Å². The lowest BCUT2D eigenvalue weighted by Crippen LogP contribution is -2.43. The number of benzene rings is 1. The van der Waals surface area contributed by atoms with Gasteiger partial charge in [0, 0.05) is 30.5 Å². The summed E-state index contributed by atoms with van der Waals surface area (Å²) in [5.41, 5.74) is 0.894. The molecule has 0 N–H and O–H groups in total. The van der Waals surface area contributed by atoms with Crippen molar-refractivity contribution < 1.29 is 19.1 Å². The molecular formula is C21H19ClN2O4. The van der Waals surface area contributed by atoms with Crippen LogP contribution in [0.3, 0.4) is 0 Å². The summed E-state index contributed by atoms with van der Waals surface area (Å²) in [5.74, 6) is -2.84. The second-order valence-corrected chi connectivity index (χ2v) is 7.41. The zero-order valence-corrected chi connectivity index (χ0v) is 15.8. The molecule has 2 unspecified atom stereocenters. The second kappa shape index (κ2) is 7.81. The lowest BCUT2D eigenvalue weighted by molar-refractivity contribution is -0.143. The number of aromatic nitrogens is 1. The largest absolute Gasteiger partial charge is 0.381 e. The van der Waals surface area contributed by atoms with Crippen molar-refractivity contribution >= 4 is 29.1 Å². The van der Waals surface area contributed by atoms with Crippen LogP contribution in [0.1, 0.15) is 34.9 Å². The highest BCUT2D eigenvalue weighted by Crippen LogP contribution is 2.41. The Morgan fingerprint density at radius 2 is 1.79 bits per heavy atom. The summed E-state index contributed by atoms with van der Waals surface area (Å²) < 4.78 is 5.40. The Bertz CT molecular complexity index is 894. The van der Waals surface area contributed by atoms with Gasteiger partial charge in [-0.15, -0.1) is 0 Å². The molecule has 144 valence electrons. The van der Waals surface area contributed by atoms with Gasteiger partial charge in [0.05, 0.1) is 6.04 Å². The van der Waals surface area contributed by atoms with Gasteiger partial charge in [-0.1, -0.05) is 29.8 Å². The van der Waals surface area contributed by atoms with Gasteiger partial charge in [-0.25, -0.2) is 0 Å². The number of rotatable bonds is 4. The summed E-state index contributed by atoms with van der Waals surface area (Å²) in [7, 11) is 0. The van der Waals surface area contributed by atoms with Gasteiger partial charge in [-0.2, -0.15) is 0 Å². The third kappa shape index (κ3) is 3.34. The minimum atomic E-state index is -1.12. The van der Waals surface area contributed by atoms with E-state index >= 15 is 0 Å². The van der Waals surface area contributed by atoms with Crippen molar-refractivity contribution in [1.82, 2.24) is 9.88 Å². The molecule has 2 fully saturated rings. The predicted octanol–water partition coefficient (Wildman–Crippen LogP) is 2.87. The quantitative estimate of drug-likeness (QED) is 0.449. The Balaban J connectivity index is 1.78. The molecule has 2 aliphatic rings. The van der Waals surface area contributed by atoms with E-state index in [0.717, 1.165) is 0 Å². The average Bonchev–Trinajstić information content (AvgIpc) is 3.00. The summed E-state index contributed by atoms with van der Waals surface area (Å²) in [4.78, 5) is 44.7. The number of likely N-dealkylation sites (tertiary alicyclic amines) is 1. The van der Waals surface area contributed by atoms with Gasteiger partial charge in [0.15, 0.2) is 5.78 Å². The van der Waals surface area contributed by atoms with Crippen LogP contribution in [-0.4, -0.2) is 46.6 Å². The molecule has 2 aromatic rings. The summed E-state index contributed by atoms with van der Waals surface area (Å²) in [6, 6.07) is 11.1. The summed E-state index contributed by atoms with van der Waals surface area (Å²) in [6.45, 7) is 1.05. The van der Waals surface area contributed by atoms with Crippen molar-refractivity contribution in [3.63, 3.8) is 0 Å². The van der Waals surface area contributed by atoms with Crippen molar-refractivity contribution in [2.75, 3.05) is 13.2 Å². The molecule has 7 heteroatoms. The number of pyridine rings is 1. The van der Waals surface area contributed by atoms with Crippen LogP contribution in [0.4, 0.5) is 0 Å². The molecule has 1 aromatic heterocycles. The average molecular weight is 399 g/mol. The van der Waals surface area contributed by atoms with E-state index in [9.17, 15) is 14.4 Å². The maximum Gasteiger partial charge on any atom is 0.291 e. The van der Waals surface area contributed by atoms with Crippen molar-refractivity contribution in [3.05, 3.63) is 64.9 Å². The predicted molar refractivity (Wildman–Crippen MR) is 102 cm³/mol. The fraction of sp³-hybridized carbons (Fsp3) is 0.333. The molecule has 2 atom stereocenters. The van der Waals surface area contributed by atoms with E-state index in [1.165, 1.54) is 6.20 Å². The molecule has 2 saturated heterocycles. The molecular weight excluding hydrogens is 380 g/mol. The summed E-state index contributed by atoms with van der Waals surface area (Å²) >= 11 is 6.01. The van der Waals surface area contributed by atoms with E-state index in [1.54, 1.807) is 47.4 Å². The third-order valence-corrected chi connectivity index (χ3v) is 5.59.